The van der Waals surface area contributed by atoms with Gasteiger partial charge < -0.3 is 9.15 Å². The third-order valence-electron chi connectivity index (χ3n) is 2.12. The number of hydrogen-bond donors (Lipinski definition) is 0. The average molecular weight is 310 g/mol. The van der Waals surface area contributed by atoms with Crippen molar-refractivity contribution in [3.63, 3.8) is 0 Å². The lowest BCUT2D eigenvalue weighted by Gasteiger charge is -1.99. The summed E-state index contributed by atoms with van der Waals surface area (Å²) in [7, 11) is 0. The van der Waals surface area contributed by atoms with E-state index < -0.39 is 5.97 Å². The highest BCUT2D eigenvalue weighted by Gasteiger charge is 2.16. The lowest BCUT2D eigenvalue weighted by molar-refractivity contribution is 0.0475. The molecule has 0 aliphatic heterocycles. The molecule has 0 atom stereocenters. The molecule has 0 fully saturated rings. The van der Waals surface area contributed by atoms with Crippen LogP contribution >= 0.6 is 23.4 Å². The Balaban J connectivity index is 2.13. The van der Waals surface area contributed by atoms with Crippen LogP contribution in [-0.4, -0.2) is 22.8 Å². The van der Waals surface area contributed by atoms with Crippen LogP contribution in [0.2, 0.25) is 5.02 Å². The molecule has 2 rings (SSSR count). The number of nitrogens with zero attached hydrogens (tertiary/aromatic N) is 3. The van der Waals surface area contributed by atoms with Crippen molar-refractivity contribution in [3.05, 3.63) is 34.7 Å². The Morgan fingerprint density at radius 1 is 1.55 bits per heavy atom. The van der Waals surface area contributed by atoms with Gasteiger partial charge in [-0.15, -0.1) is 5.10 Å². The second-order valence-corrected chi connectivity index (χ2v) is 4.88. The van der Waals surface area contributed by atoms with E-state index in [9.17, 15) is 4.79 Å². The van der Waals surface area contributed by atoms with E-state index in [0.29, 0.717) is 15.5 Å². The smallest absolute Gasteiger partial charge is 0.396 e. The molecule has 0 N–H and O–H groups in total. The van der Waals surface area contributed by atoms with Crippen LogP contribution in [0.1, 0.15) is 23.2 Å². The maximum Gasteiger partial charge on any atom is 0.396 e. The fourth-order valence-corrected chi connectivity index (χ4v) is 2.28. The first-order valence-corrected chi connectivity index (χ1v) is 6.71. The number of aromatic nitrogens is 2. The van der Waals surface area contributed by atoms with Gasteiger partial charge in [0, 0.05) is 4.90 Å². The molecule has 0 amide bonds. The third kappa shape index (κ3) is 3.29. The van der Waals surface area contributed by atoms with Gasteiger partial charge in [0.25, 0.3) is 5.22 Å². The van der Waals surface area contributed by atoms with Gasteiger partial charge in [0.2, 0.25) is 0 Å². The molecule has 2 aromatic rings. The maximum atomic E-state index is 11.4. The number of rotatable bonds is 4. The standard InChI is InChI=1S/C12H8ClN3O3S/c1-2-18-11(17)10-15-16-12(19-10)20-8-4-3-7(6-14)9(13)5-8/h3-5H,2H2,1H3. The SMILES string of the molecule is CCOC(=O)c1nnc(Sc2ccc(C#N)c(Cl)c2)o1. The van der Waals surface area contributed by atoms with Crippen molar-refractivity contribution in [1.82, 2.24) is 10.2 Å². The van der Waals surface area contributed by atoms with E-state index in [1.54, 1.807) is 25.1 Å². The van der Waals surface area contributed by atoms with Crippen LogP contribution in [0, 0.1) is 11.3 Å². The minimum atomic E-state index is -0.662. The van der Waals surface area contributed by atoms with Crippen molar-refractivity contribution in [2.24, 2.45) is 0 Å². The predicted octanol–water partition coefficient (Wildman–Crippen LogP) is 2.92. The lowest BCUT2D eigenvalue weighted by atomic mass is 10.2. The van der Waals surface area contributed by atoms with Crippen molar-refractivity contribution in [1.29, 1.82) is 5.26 Å². The second-order valence-electron chi connectivity index (χ2n) is 3.45. The van der Waals surface area contributed by atoms with Crippen molar-refractivity contribution in [2.45, 2.75) is 17.0 Å². The molecule has 0 unspecified atom stereocenters. The van der Waals surface area contributed by atoms with E-state index in [4.69, 9.17) is 26.0 Å². The molecule has 0 bridgehead atoms. The number of benzene rings is 1. The highest BCUT2D eigenvalue weighted by atomic mass is 35.5. The highest BCUT2D eigenvalue weighted by molar-refractivity contribution is 7.99. The summed E-state index contributed by atoms with van der Waals surface area (Å²) in [5.41, 5.74) is 0.383. The molecule has 1 aromatic heterocycles. The molecule has 0 saturated carbocycles. The first-order chi connectivity index (χ1) is 9.63. The second kappa shape index (κ2) is 6.41. The molecule has 1 aromatic carbocycles. The van der Waals surface area contributed by atoms with Crippen LogP contribution in [0.25, 0.3) is 0 Å². The van der Waals surface area contributed by atoms with Crippen LogP contribution in [-0.2, 0) is 4.74 Å². The largest absolute Gasteiger partial charge is 0.459 e. The van der Waals surface area contributed by atoms with E-state index in [-0.39, 0.29) is 17.7 Å². The molecule has 0 aliphatic carbocycles. The Kier molecular flexibility index (Phi) is 4.61. The lowest BCUT2D eigenvalue weighted by Crippen LogP contribution is -2.04. The predicted molar refractivity (Wildman–Crippen MR) is 70.5 cm³/mol. The third-order valence-corrected chi connectivity index (χ3v) is 3.26. The van der Waals surface area contributed by atoms with Crippen LogP contribution < -0.4 is 0 Å². The molecule has 1 heterocycles. The van der Waals surface area contributed by atoms with Gasteiger partial charge in [0.15, 0.2) is 0 Å². The minimum Gasteiger partial charge on any atom is -0.459 e. The molecular formula is C12H8ClN3O3S. The molecular weight excluding hydrogens is 302 g/mol. The van der Waals surface area contributed by atoms with Crippen LogP contribution in [0.15, 0.2) is 32.7 Å². The molecule has 0 radical (unpaired) electrons. The number of carbonyl (C=O) groups is 1. The van der Waals surface area contributed by atoms with Gasteiger partial charge in [-0.2, -0.15) is 5.26 Å². The summed E-state index contributed by atoms with van der Waals surface area (Å²) in [4.78, 5) is 12.1. The minimum absolute atomic E-state index is 0.189. The van der Waals surface area contributed by atoms with E-state index in [2.05, 4.69) is 10.2 Å². The van der Waals surface area contributed by atoms with Crippen molar-refractivity contribution in [2.75, 3.05) is 6.61 Å². The van der Waals surface area contributed by atoms with Gasteiger partial charge >= 0.3 is 11.9 Å². The van der Waals surface area contributed by atoms with Crippen LogP contribution in [0.4, 0.5) is 0 Å². The Morgan fingerprint density at radius 3 is 3.00 bits per heavy atom. The zero-order valence-electron chi connectivity index (χ0n) is 10.3. The average Bonchev–Trinajstić information content (AvgIpc) is 2.88. The number of ether oxygens (including phenoxy) is 1. The number of carbonyl (C=O) groups excluding carboxylic acids is 1. The molecule has 0 spiro atoms. The van der Waals surface area contributed by atoms with Gasteiger partial charge in [0.05, 0.1) is 17.2 Å². The molecule has 6 nitrogen and oxygen atoms in total. The van der Waals surface area contributed by atoms with Crippen molar-refractivity contribution in [3.8, 4) is 6.07 Å². The summed E-state index contributed by atoms with van der Waals surface area (Å²) < 4.78 is 9.90. The first-order valence-electron chi connectivity index (χ1n) is 5.52. The fourth-order valence-electron chi connectivity index (χ4n) is 1.28. The summed E-state index contributed by atoms with van der Waals surface area (Å²) in [5, 5.41) is 16.6. The molecule has 102 valence electrons. The van der Waals surface area contributed by atoms with Crippen LogP contribution in [0.5, 0.6) is 0 Å². The van der Waals surface area contributed by atoms with E-state index >= 15 is 0 Å². The number of esters is 1. The van der Waals surface area contributed by atoms with E-state index in [1.807, 2.05) is 6.07 Å². The van der Waals surface area contributed by atoms with Gasteiger partial charge in [-0.3, -0.25) is 0 Å². The quantitative estimate of drug-likeness (QED) is 0.802. The number of hydrogen-bond acceptors (Lipinski definition) is 7. The van der Waals surface area contributed by atoms with Gasteiger partial charge in [-0.05, 0) is 36.9 Å². The summed E-state index contributed by atoms with van der Waals surface area (Å²) in [6.45, 7) is 1.91. The number of halogens is 1. The summed E-state index contributed by atoms with van der Waals surface area (Å²) in [6.07, 6.45) is 0. The van der Waals surface area contributed by atoms with Crippen molar-refractivity contribution < 1.29 is 13.9 Å². The van der Waals surface area contributed by atoms with E-state index in [0.717, 1.165) is 11.8 Å². The molecule has 0 saturated heterocycles. The summed E-state index contributed by atoms with van der Waals surface area (Å²) in [5.74, 6) is -0.862. The van der Waals surface area contributed by atoms with Crippen molar-refractivity contribution >= 4 is 29.3 Å². The maximum absolute atomic E-state index is 11.4. The first kappa shape index (κ1) is 14.4. The van der Waals surface area contributed by atoms with Gasteiger partial charge in [0.1, 0.15) is 6.07 Å². The Morgan fingerprint density at radius 2 is 2.35 bits per heavy atom. The Hall–Kier alpha value is -2.04. The fraction of sp³-hybridized carbons (Fsp3) is 0.167. The molecule has 20 heavy (non-hydrogen) atoms. The van der Waals surface area contributed by atoms with Gasteiger partial charge in [-0.1, -0.05) is 16.7 Å². The topological polar surface area (TPSA) is 89.0 Å². The zero-order valence-corrected chi connectivity index (χ0v) is 11.9. The van der Waals surface area contributed by atoms with E-state index in [1.165, 1.54) is 0 Å². The number of nitriles is 1. The Bertz CT molecular complexity index is 681. The monoisotopic (exact) mass is 309 g/mol. The molecule has 0 aliphatic rings. The zero-order chi connectivity index (χ0) is 14.5. The highest BCUT2D eigenvalue weighted by Crippen LogP contribution is 2.29. The van der Waals surface area contributed by atoms with Gasteiger partial charge in [-0.25, -0.2) is 4.79 Å². The summed E-state index contributed by atoms with van der Waals surface area (Å²) in [6, 6.07) is 6.86. The van der Waals surface area contributed by atoms with Crippen LogP contribution in [0.3, 0.4) is 0 Å². The normalized spacial score (nSPS) is 10.1. The Labute approximate surface area is 123 Å². The molecule has 8 heteroatoms. The summed E-state index contributed by atoms with van der Waals surface area (Å²) >= 11 is 7.05.